The Labute approximate surface area is 132 Å². The van der Waals surface area contributed by atoms with Gasteiger partial charge < -0.3 is 4.74 Å². The predicted molar refractivity (Wildman–Crippen MR) is 81.6 cm³/mol. The van der Waals surface area contributed by atoms with Crippen molar-refractivity contribution in [2.75, 3.05) is 0 Å². The minimum Gasteiger partial charge on any atom is -0.457 e. The SMILES string of the molecule is N#Cc1ccc(COC(=O)c2ccc(-n3cncn3)cc2)cc1. The summed E-state index contributed by atoms with van der Waals surface area (Å²) in [6.45, 7) is 0.162. The highest BCUT2D eigenvalue weighted by Crippen LogP contribution is 2.11. The summed E-state index contributed by atoms with van der Waals surface area (Å²) in [5, 5.41) is 12.8. The lowest BCUT2D eigenvalue weighted by Crippen LogP contribution is -2.05. The molecule has 3 rings (SSSR count). The molecule has 23 heavy (non-hydrogen) atoms. The Morgan fingerprint density at radius 2 is 1.87 bits per heavy atom. The molecule has 6 heteroatoms. The molecule has 0 unspecified atom stereocenters. The van der Waals surface area contributed by atoms with Gasteiger partial charge in [-0.3, -0.25) is 0 Å². The molecule has 6 nitrogen and oxygen atoms in total. The van der Waals surface area contributed by atoms with Crippen molar-refractivity contribution < 1.29 is 9.53 Å². The van der Waals surface area contributed by atoms with E-state index >= 15 is 0 Å². The van der Waals surface area contributed by atoms with Crippen molar-refractivity contribution in [1.29, 1.82) is 5.26 Å². The zero-order valence-electron chi connectivity index (χ0n) is 12.1. The van der Waals surface area contributed by atoms with Crippen LogP contribution in [0.4, 0.5) is 0 Å². The summed E-state index contributed by atoms with van der Waals surface area (Å²) in [7, 11) is 0. The average molecular weight is 304 g/mol. The smallest absolute Gasteiger partial charge is 0.338 e. The summed E-state index contributed by atoms with van der Waals surface area (Å²) in [5.41, 5.74) is 2.68. The van der Waals surface area contributed by atoms with Crippen molar-refractivity contribution in [2.24, 2.45) is 0 Å². The quantitative estimate of drug-likeness (QED) is 0.692. The van der Waals surface area contributed by atoms with Gasteiger partial charge in [0, 0.05) is 0 Å². The van der Waals surface area contributed by atoms with E-state index in [0.29, 0.717) is 11.1 Å². The molecule has 0 aliphatic carbocycles. The van der Waals surface area contributed by atoms with Gasteiger partial charge in [-0.05, 0) is 42.0 Å². The minimum atomic E-state index is -0.403. The molecule has 0 saturated carbocycles. The van der Waals surface area contributed by atoms with Crippen molar-refractivity contribution in [1.82, 2.24) is 14.8 Å². The van der Waals surface area contributed by atoms with Crippen LogP contribution < -0.4 is 0 Å². The van der Waals surface area contributed by atoms with Crippen LogP contribution in [0, 0.1) is 11.3 Å². The highest BCUT2D eigenvalue weighted by Gasteiger charge is 2.08. The van der Waals surface area contributed by atoms with Crippen molar-refractivity contribution >= 4 is 5.97 Å². The number of nitrogens with zero attached hydrogens (tertiary/aromatic N) is 4. The normalized spacial score (nSPS) is 10.0. The van der Waals surface area contributed by atoms with Gasteiger partial charge in [0.25, 0.3) is 0 Å². The van der Waals surface area contributed by atoms with Crippen LogP contribution in [0.5, 0.6) is 0 Å². The number of esters is 1. The Balaban J connectivity index is 1.62. The Kier molecular flexibility index (Phi) is 4.11. The van der Waals surface area contributed by atoms with Crippen molar-refractivity contribution in [3.63, 3.8) is 0 Å². The second kappa shape index (κ2) is 6.54. The van der Waals surface area contributed by atoms with Gasteiger partial charge in [0.15, 0.2) is 0 Å². The van der Waals surface area contributed by atoms with Crippen LogP contribution in [-0.2, 0) is 11.3 Å². The third-order valence-corrected chi connectivity index (χ3v) is 3.24. The second-order valence-electron chi connectivity index (χ2n) is 4.77. The van der Waals surface area contributed by atoms with Gasteiger partial charge in [0.05, 0.1) is 22.9 Å². The lowest BCUT2D eigenvalue weighted by Gasteiger charge is -2.06. The summed E-state index contributed by atoms with van der Waals surface area (Å²) in [4.78, 5) is 15.9. The first-order valence-electron chi connectivity index (χ1n) is 6.87. The number of nitriles is 1. The summed E-state index contributed by atoms with van der Waals surface area (Å²) in [5.74, 6) is -0.403. The second-order valence-corrected chi connectivity index (χ2v) is 4.77. The lowest BCUT2D eigenvalue weighted by molar-refractivity contribution is 0.0472. The summed E-state index contributed by atoms with van der Waals surface area (Å²) in [6.07, 6.45) is 3.03. The summed E-state index contributed by atoms with van der Waals surface area (Å²) >= 11 is 0. The van der Waals surface area contributed by atoms with Gasteiger partial charge in [-0.15, -0.1) is 0 Å². The minimum absolute atomic E-state index is 0.162. The molecule has 0 aliphatic heterocycles. The maximum Gasteiger partial charge on any atom is 0.338 e. The number of hydrogen-bond acceptors (Lipinski definition) is 5. The summed E-state index contributed by atoms with van der Waals surface area (Å²) < 4.78 is 6.86. The van der Waals surface area contributed by atoms with E-state index in [0.717, 1.165) is 11.3 Å². The fourth-order valence-electron chi connectivity index (χ4n) is 2.00. The van der Waals surface area contributed by atoms with Gasteiger partial charge in [-0.25, -0.2) is 14.5 Å². The molecule has 0 aliphatic rings. The molecule has 0 N–H and O–H groups in total. The monoisotopic (exact) mass is 304 g/mol. The number of hydrogen-bond donors (Lipinski definition) is 0. The standard InChI is InChI=1S/C17H12N4O2/c18-9-13-1-3-14(4-2-13)10-23-17(22)15-5-7-16(8-6-15)21-12-19-11-20-21/h1-8,11-12H,10H2. The van der Waals surface area contributed by atoms with E-state index in [-0.39, 0.29) is 6.61 Å². The predicted octanol–water partition coefficient (Wildman–Crippen LogP) is 2.50. The fraction of sp³-hybridized carbons (Fsp3) is 0.0588. The third-order valence-electron chi connectivity index (χ3n) is 3.24. The van der Waals surface area contributed by atoms with Gasteiger partial charge in [0.2, 0.25) is 0 Å². The molecular formula is C17H12N4O2. The van der Waals surface area contributed by atoms with Gasteiger partial charge in [-0.2, -0.15) is 10.4 Å². The first-order valence-corrected chi connectivity index (χ1v) is 6.87. The number of rotatable bonds is 4. The van der Waals surface area contributed by atoms with Crippen LogP contribution in [0.3, 0.4) is 0 Å². The van der Waals surface area contributed by atoms with Gasteiger partial charge in [-0.1, -0.05) is 12.1 Å². The maximum atomic E-state index is 12.0. The van der Waals surface area contributed by atoms with E-state index < -0.39 is 5.97 Å². The molecule has 0 spiro atoms. The summed E-state index contributed by atoms with van der Waals surface area (Å²) in [6, 6.07) is 15.8. The number of carbonyl (C=O) groups excluding carboxylic acids is 1. The highest BCUT2D eigenvalue weighted by molar-refractivity contribution is 5.89. The van der Waals surface area contributed by atoms with E-state index in [1.165, 1.54) is 6.33 Å². The zero-order chi connectivity index (χ0) is 16.1. The number of aromatic nitrogens is 3. The third kappa shape index (κ3) is 3.41. The molecule has 0 bridgehead atoms. The maximum absolute atomic E-state index is 12.0. The van der Waals surface area contributed by atoms with Crippen LogP contribution in [-0.4, -0.2) is 20.7 Å². The Morgan fingerprint density at radius 1 is 1.13 bits per heavy atom. The van der Waals surface area contributed by atoms with Crippen molar-refractivity contribution in [2.45, 2.75) is 6.61 Å². The lowest BCUT2D eigenvalue weighted by atomic mass is 10.1. The van der Waals surface area contributed by atoms with E-state index in [2.05, 4.69) is 10.1 Å². The Hall–Kier alpha value is -3.46. The van der Waals surface area contributed by atoms with E-state index in [9.17, 15) is 4.79 Å². The van der Waals surface area contributed by atoms with Crippen LogP contribution in [0.2, 0.25) is 0 Å². The average Bonchev–Trinajstić information content (AvgIpc) is 3.15. The zero-order valence-corrected chi connectivity index (χ0v) is 12.1. The molecule has 2 aromatic carbocycles. The molecule has 0 amide bonds. The number of carbonyl (C=O) groups is 1. The van der Waals surface area contributed by atoms with Crippen LogP contribution >= 0.6 is 0 Å². The molecule has 1 aromatic heterocycles. The molecular weight excluding hydrogens is 292 g/mol. The molecule has 1 heterocycles. The largest absolute Gasteiger partial charge is 0.457 e. The van der Waals surface area contributed by atoms with Gasteiger partial charge >= 0.3 is 5.97 Å². The molecule has 0 saturated heterocycles. The van der Waals surface area contributed by atoms with E-state index in [1.54, 1.807) is 59.5 Å². The number of benzene rings is 2. The van der Waals surface area contributed by atoms with E-state index in [4.69, 9.17) is 10.00 Å². The first kappa shape index (κ1) is 14.5. The Bertz CT molecular complexity index is 832. The highest BCUT2D eigenvalue weighted by atomic mass is 16.5. The van der Waals surface area contributed by atoms with Crippen molar-refractivity contribution in [3.8, 4) is 11.8 Å². The van der Waals surface area contributed by atoms with Crippen molar-refractivity contribution in [3.05, 3.63) is 77.9 Å². The van der Waals surface area contributed by atoms with Crippen LogP contribution in [0.25, 0.3) is 5.69 Å². The van der Waals surface area contributed by atoms with Gasteiger partial charge in [0.1, 0.15) is 19.3 Å². The first-order chi connectivity index (χ1) is 11.3. The van der Waals surface area contributed by atoms with Crippen LogP contribution in [0.15, 0.2) is 61.2 Å². The molecule has 3 aromatic rings. The molecule has 0 atom stereocenters. The molecule has 112 valence electrons. The topological polar surface area (TPSA) is 80.8 Å². The van der Waals surface area contributed by atoms with Crippen LogP contribution in [0.1, 0.15) is 21.5 Å². The number of ether oxygens (including phenoxy) is 1. The molecule has 0 fully saturated rings. The fourth-order valence-corrected chi connectivity index (χ4v) is 2.00. The molecule has 0 radical (unpaired) electrons. The Morgan fingerprint density at radius 3 is 2.48 bits per heavy atom. The van der Waals surface area contributed by atoms with E-state index in [1.807, 2.05) is 6.07 Å².